The van der Waals surface area contributed by atoms with Crippen molar-refractivity contribution in [2.45, 2.75) is 45.2 Å². The van der Waals surface area contributed by atoms with E-state index < -0.39 is 0 Å². The van der Waals surface area contributed by atoms with Gasteiger partial charge < -0.3 is 15.4 Å². The maximum absolute atomic E-state index is 5.95. The molecule has 0 bridgehead atoms. The molecular weight excluding hydrogens is 240 g/mol. The molecule has 1 saturated heterocycles. The first-order valence-corrected chi connectivity index (χ1v) is 7.15. The molecule has 1 aliphatic heterocycles. The predicted octanol–water partition coefficient (Wildman–Crippen LogP) is 1.37. The molecule has 2 heterocycles. The Hall–Kier alpha value is -1.20. The molecule has 0 saturated carbocycles. The third-order valence-electron chi connectivity index (χ3n) is 3.67. The maximum atomic E-state index is 5.95. The summed E-state index contributed by atoms with van der Waals surface area (Å²) in [7, 11) is 0. The molecule has 1 aliphatic rings. The van der Waals surface area contributed by atoms with Crippen LogP contribution in [0.4, 0.5) is 5.95 Å². The van der Waals surface area contributed by atoms with Gasteiger partial charge in [0.15, 0.2) is 0 Å². The van der Waals surface area contributed by atoms with Gasteiger partial charge >= 0.3 is 0 Å². The van der Waals surface area contributed by atoms with Crippen molar-refractivity contribution in [1.82, 2.24) is 9.97 Å². The monoisotopic (exact) mass is 264 g/mol. The maximum Gasteiger partial charge on any atom is 0.225 e. The molecule has 5 heteroatoms. The highest BCUT2D eigenvalue weighted by Gasteiger charge is 2.23. The molecule has 2 rings (SSSR count). The van der Waals surface area contributed by atoms with E-state index in [0.29, 0.717) is 6.04 Å². The summed E-state index contributed by atoms with van der Waals surface area (Å²) in [6.45, 7) is 6.65. The fraction of sp³-hybridized carbons (Fsp3) is 0.714. The zero-order valence-corrected chi connectivity index (χ0v) is 11.9. The number of hydrogen-bond donors (Lipinski definition) is 1. The molecule has 1 aromatic rings. The highest BCUT2D eigenvalue weighted by molar-refractivity contribution is 5.32. The lowest BCUT2D eigenvalue weighted by atomic mass is 10.1. The van der Waals surface area contributed by atoms with Crippen molar-refractivity contribution in [2.24, 2.45) is 5.73 Å². The number of anilines is 1. The van der Waals surface area contributed by atoms with Crippen LogP contribution in [0, 0.1) is 0 Å². The lowest BCUT2D eigenvalue weighted by molar-refractivity contribution is 0.0921. The van der Waals surface area contributed by atoms with Gasteiger partial charge in [-0.15, -0.1) is 0 Å². The number of ether oxygens (including phenoxy) is 1. The van der Waals surface area contributed by atoms with Gasteiger partial charge in [0, 0.05) is 25.0 Å². The second kappa shape index (κ2) is 6.82. The molecule has 19 heavy (non-hydrogen) atoms. The minimum absolute atomic E-state index is 0.196. The first-order chi connectivity index (χ1) is 9.24. The Kier molecular flexibility index (Phi) is 5.10. The summed E-state index contributed by atoms with van der Waals surface area (Å²) >= 11 is 0. The molecule has 0 radical (unpaired) electrons. The number of morpholine rings is 1. The molecule has 2 atom stereocenters. The molecule has 1 fully saturated rings. The first kappa shape index (κ1) is 14.2. The highest BCUT2D eigenvalue weighted by Crippen LogP contribution is 2.17. The van der Waals surface area contributed by atoms with Gasteiger partial charge in [-0.25, -0.2) is 9.97 Å². The fourth-order valence-electron chi connectivity index (χ4n) is 2.31. The molecule has 1 aromatic heterocycles. The van der Waals surface area contributed by atoms with Crippen LogP contribution in [0.3, 0.4) is 0 Å². The van der Waals surface area contributed by atoms with E-state index >= 15 is 0 Å². The van der Waals surface area contributed by atoms with Crippen molar-refractivity contribution in [3.05, 3.63) is 18.0 Å². The lowest BCUT2D eigenvalue weighted by Gasteiger charge is -2.35. The van der Waals surface area contributed by atoms with Crippen LogP contribution < -0.4 is 10.6 Å². The molecule has 2 unspecified atom stereocenters. The minimum atomic E-state index is 0.196. The Labute approximate surface area is 115 Å². The Morgan fingerprint density at radius 1 is 1.42 bits per heavy atom. The van der Waals surface area contributed by atoms with Crippen molar-refractivity contribution in [3.8, 4) is 0 Å². The number of aromatic nitrogens is 2. The lowest BCUT2D eigenvalue weighted by Crippen LogP contribution is -2.46. The zero-order chi connectivity index (χ0) is 13.7. The smallest absolute Gasteiger partial charge is 0.225 e. The van der Waals surface area contributed by atoms with E-state index in [1.165, 1.54) is 0 Å². The Morgan fingerprint density at radius 2 is 2.16 bits per heavy atom. The van der Waals surface area contributed by atoms with Crippen molar-refractivity contribution in [3.63, 3.8) is 0 Å². The largest absolute Gasteiger partial charge is 0.377 e. The average Bonchev–Trinajstić information content (AvgIpc) is 2.48. The molecule has 0 aromatic carbocycles. The second-order valence-corrected chi connectivity index (χ2v) is 5.09. The topological polar surface area (TPSA) is 64.3 Å². The second-order valence-electron chi connectivity index (χ2n) is 5.09. The van der Waals surface area contributed by atoms with E-state index in [1.54, 1.807) is 0 Å². The summed E-state index contributed by atoms with van der Waals surface area (Å²) in [6, 6.07) is 0.582. The van der Waals surface area contributed by atoms with Crippen molar-refractivity contribution >= 4 is 5.95 Å². The molecule has 5 nitrogen and oxygen atoms in total. The fourth-order valence-corrected chi connectivity index (χ4v) is 2.31. The van der Waals surface area contributed by atoms with Gasteiger partial charge in [0.25, 0.3) is 0 Å². The summed E-state index contributed by atoms with van der Waals surface area (Å²) in [5.74, 6) is 0.809. The van der Waals surface area contributed by atoms with Crippen LogP contribution >= 0.6 is 0 Å². The van der Waals surface area contributed by atoms with Gasteiger partial charge in [0.1, 0.15) is 0 Å². The van der Waals surface area contributed by atoms with Gasteiger partial charge in [-0.2, -0.15) is 0 Å². The van der Waals surface area contributed by atoms with Crippen molar-refractivity contribution in [2.75, 3.05) is 24.7 Å². The van der Waals surface area contributed by atoms with Crippen LogP contribution in [0.15, 0.2) is 12.4 Å². The van der Waals surface area contributed by atoms with E-state index in [4.69, 9.17) is 10.5 Å². The SMILES string of the molecule is CCC(N)Cc1cnc(N2CCOCC2CC)nc1. The standard InChI is InChI=1S/C14H24N4O/c1-3-12(15)7-11-8-16-14(17-9-11)18-5-6-19-10-13(18)4-2/h8-9,12-13H,3-7,10,15H2,1-2H3. The summed E-state index contributed by atoms with van der Waals surface area (Å²) < 4.78 is 5.50. The van der Waals surface area contributed by atoms with Crippen LogP contribution in [-0.4, -0.2) is 41.8 Å². The van der Waals surface area contributed by atoms with E-state index in [-0.39, 0.29) is 6.04 Å². The van der Waals surface area contributed by atoms with Crippen molar-refractivity contribution < 1.29 is 4.74 Å². The Morgan fingerprint density at radius 3 is 2.79 bits per heavy atom. The van der Waals surface area contributed by atoms with Gasteiger partial charge in [-0.1, -0.05) is 13.8 Å². The molecule has 0 amide bonds. The third kappa shape index (κ3) is 3.64. The van der Waals surface area contributed by atoms with Gasteiger partial charge in [-0.3, -0.25) is 0 Å². The first-order valence-electron chi connectivity index (χ1n) is 7.15. The number of hydrogen-bond acceptors (Lipinski definition) is 5. The summed E-state index contributed by atoms with van der Waals surface area (Å²) in [6.07, 6.45) is 6.67. The van der Waals surface area contributed by atoms with Crippen LogP contribution in [0.1, 0.15) is 32.3 Å². The normalized spacial score (nSPS) is 21.4. The summed E-state index contributed by atoms with van der Waals surface area (Å²) in [5, 5.41) is 0. The van der Waals surface area contributed by atoms with Crippen LogP contribution in [0.5, 0.6) is 0 Å². The van der Waals surface area contributed by atoms with E-state index in [1.807, 2.05) is 12.4 Å². The van der Waals surface area contributed by atoms with E-state index in [0.717, 1.165) is 50.5 Å². The minimum Gasteiger partial charge on any atom is -0.377 e. The van der Waals surface area contributed by atoms with Crippen molar-refractivity contribution in [1.29, 1.82) is 0 Å². The highest BCUT2D eigenvalue weighted by atomic mass is 16.5. The van der Waals surface area contributed by atoms with E-state index in [2.05, 4.69) is 28.7 Å². The quantitative estimate of drug-likeness (QED) is 0.870. The molecule has 0 aliphatic carbocycles. The summed E-state index contributed by atoms with van der Waals surface area (Å²) in [5.41, 5.74) is 7.06. The number of rotatable bonds is 5. The van der Waals surface area contributed by atoms with Gasteiger partial charge in [-0.05, 0) is 24.8 Å². The molecule has 0 spiro atoms. The van der Waals surface area contributed by atoms with Crippen LogP contribution in [0.2, 0.25) is 0 Å². The Balaban J connectivity index is 2.04. The van der Waals surface area contributed by atoms with Gasteiger partial charge in [0.05, 0.1) is 19.3 Å². The average molecular weight is 264 g/mol. The van der Waals surface area contributed by atoms with Crippen LogP contribution in [0.25, 0.3) is 0 Å². The van der Waals surface area contributed by atoms with Crippen LogP contribution in [-0.2, 0) is 11.2 Å². The van der Waals surface area contributed by atoms with E-state index in [9.17, 15) is 0 Å². The molecular formula is C14H24N4O. The number of nitrogens with two attached hydrogens (primary N) is 1. The Bertz CT molecular complexity index is 382. The third-order valence-corrected chi connectivity index (χ3v) is 3.67. The number of nitrogens with zero attached hydrogens (tertiary/aromatic N) is 3. The molecule has 2 N–H and O–H groups in total. The zero-order valence-electron chi connectivity index (χ0n) is 11.9. The molecule has 106 valence electrons. The predicted molar refractivity (Wildman–Crippen MR) is 76.2 cm³/mol. The summed E-state index contributed by atoms with van der Waals surface area (Å²) in [4.78, 5) is 11.2. The van der Waals surface area contributed by atoms with Gasteiger partial charge in [0.2, 0.25) is 5.95 Å².